The normalized spacial score (nSPS) is 11.1. The predicted octanol–water partition coefficient (Wildman–Crippen LogP) is 4.90. The van der Waals surface area contributed by atoms with Gasteiger partial charge in [0.05, 0.1) is 17.2 Å². The third-order valence-electron chi connectivity index (χ3n) is 2.62. The van der Waals surface area contributed by atoms with E-state index in [1.54, 1.807) is 0 Å². The molecule has 19 heavy (non-hydrogen) atoms. The van der Waals surface area contributed by atoms with Gasteiger partial charge in [-0.05, 0) is 29.8 Å². The van der Waals surface area contributed by atoms with Crippen molar-refractivity contribution in [3.63, 3.8) is 0 Å². The van der Waals surface area contributed by atoms with Crippen LogP contribution in [0.2, 0.25) is 5.02 Å². The second kappa shape index (κ2) is 4.94. The van der Waals surface area contributed by atoms with Gasteiger partial charge in [-0.3, -0.25) is 0 Å². The summed E-state index contributed by atoms with van der Waals surface area (Å²) in [5.74, 6) is 0. The largest absolute Gasteiger partial charge is 0.417 e. The van der Waals surface area contributed by atoms with E-state index < -0.39 is 11.7 Å². The molecule has 0 saturated carbocycles. The van der Waals surface area contributed by atoms with E-state index in [1.165, 1.54) is 36.4 Å². The zero-order valence-electron chi connectivity index (χ0n) is 9.50. The monoisotopic (exact) mass is 281 g/mol. The summed E-state index contributed by atoms with van der Waals surface area (Å²) in [4.78, 5) is 0. The van der Waals surface area contributed by atoms with Gasteiger partial charge in [-0.2, -0.15) is 18.4 Å². The molecule has 2 aromatic carbocycles. The first-order chi connectivity index (χ1) is 8.93. The molecule has 0 atom stereocenters. The zero-order valence-corrected chi connectivity index (χ0v) is 10.3. The second-order valence-corrected chi connectivity index (χ2v) is 4.26. The van der Waals surface area contributed by atoms with Crippen LogP contribution in [0.4, 0.5) is 13.2 Å². The summed E-state index contributed by atoms with van der Waals surface area (Å²) < 4.78 is 38.8. The average Bonchev–Trinajstić information content (AvgIpc) is 2.38. The fourth-order valence-corrected chi connectivity index (χ4v) is 1.99. The molecule has 0 aliphatic carbocycles. The Morgan fingerprint density at radius 3 is 2.32 bits per heavy atom. The molecule has 5 heteroatoms. The molecule has 2 aromatic rings. The van der Waals surface area contributed by atoms with Crippen LogP contribution in [-0.2, 0) is 6.18 Å². The lowest BCUT2D eigenvalue weighted by Crippen LogP contribution is -2.07. The lowest BCUT2D eigenvalue weighted by molar-refractivity contribution is -0.137. The highest BCUT2D eigenvalue weighted by Crippen LogP contribution is 2.39. The first-order valence-electron chi connectivity index (χ1n) is 5.29. The average molecular weight is 282 g/mol. The fourth-order valence-electron chi connectivity index (χ4n) is 1.77. The van der Waals surface area contributed by atoms with Crippen molar-refractivity contribution in [3.05, 3.63) is 58.6 Å². The Labute approximate surface area is 112 Å². The molecule has 0 radical (unpaired) electrons. The first-order valence-corrected chi connectivity index (χ1v) is 5.67. The number of alkyl halides is 3. The van der Waals surface area contributed by atoms with Crippen molar-refractivity contribution >= 4 is 11.6 Å². The molecule has 0 fully saturated rings. The highest BCUT2D eigenvalue weighted by molar-refractivity contribution is 6.33. The van der Waals surface area contributed by atoms with E-state index >= 15 is 0 Å². The summed E-state index contributed by atoms with van der Waals surface area (Å²) >= 11 is 5.93. The van der Waals surface area contributed by atoms with E-state index in [0.717, 1.165) is 6.07 Å². The first kappa shape index (κ1) is 13.4. The Morgan fingerprint density at radius 2 is 1.68 bits per heavy atom. The molecule has 0 aliphatic heterocycles. The summed E-state index contributed by atoms with van der Waals surface area (Å²) in [7, 11) is 0. The minimum Gasteiger partial charge on any atom is -0.192 e. The van der Waals surface area contributed by atoms with Crippen molar-refractivity contribution < 1.29 is 13.2 Å². The van der Waals surface area contributed by atoms with Crippen molar-refractivity contribution in [2.45, 2.75) is 6.18 Å². The van der Waals surface area contributed by atoms with Gasteiger partial charge in [-0.1, -0.05) is 29.8 Å². The van der Waals surface area contributed by atoms with Crippen LogP contribution in [0.3, 0.4) is 0 Å². The number of rotatable bonds is 1. The third kappa shape index (κ3) is 2.72. The third-order valence-corrected chi connectivity index (χ3v) is 2.95. The summed E-state index contributed by atoms with van der Waals surface area (Å²) in [6.07, 6.45) is -4.47. The van der Waals surface area contributed by atoms with Gasteiger partial charge in [0.15, 0.2) is 0 Å². The Hall–Kier alpha value is -1.99. The van der Waals surface area contributed by atoms with E-state index in [1.807, 2.05) is 6.07 Å². The van der Waals surface area contributed by atoms with Crippen molar-refractivity contribution in [1.29, 1.82) is 5.26 Å². The van der Waals surface area contributed by atoms with Gasteiger partial charge in [-0.15, -0.1) is 0 Å². The fraction of sp³-hybridized carbons (Fsp3) is 0.0714. The molecule has 0 unspecified atom stereocenters. The van der Waals surface area contributed by atoms with Crippen molar-refractivity contribution in [1.82, 2.24) is 0 Å². The van der Waals surface area contributed by atoms with Crippen molar-refractivity contribution in [3.8, 4) is 17.2 Å². The number of nitriles is 1. The number of halogens is 4. The van der Waals surface area contributed by atoms with Crippen LogP contribution in [0.15, 0.2) is 42.5 Å². The smallest absolute Gasteiger partial charge is 0.192 e. The van der Waals surface area contributed by atoms with Gasteiger partial charge in [0, 0.05) is 10.6 Å². The van der Waals surface area contributed by atoms with Crippen LogP contribution >= 0.6 is 11.6 Å². The molecule has 0 spiro atoms. The summed E-state index contributed by atoms with van der Waals surface area (Å²) in [5.41, 5.74) is -0.339. The summed E-state index contributed by atoms with van der Waals surface area (Å²) in [6, 6.07) is 11.3. The van der Waals surface area contributed by atoms with E-state index in [-0.39, 0.29) is 21.7 Å². The van der Waals surface area contributed by atoms with Gasteiger partial charge >= 0.3 is 6.18 Å². The summed E-state index contributed by atoms with van der Waals surface area (Å²) in [6.45, 7) is 0. The van der Waals surface area contributed by atoms with Crippen LogP contribution in [0.1, 0.15) is 11.1 Å². The Morgan fingerprint density at radius 1 is 1.00 bits per heavy atom. The number of hydrogen-bond donors (Lipinski definition) is 0. The van der Waals surface area contributed by atoms with Crippen molar-refractivity contribution in [2.24, 2.45) is 0 Å². The van der Waals surface area contributed by atoms with Gasteiger partial charge in [-0.25, -0.2) is 0 Å². The molecule has 2 rings (SSSR count). The van der Waals surface area contributed by atoms with Crippen molar-refractivity contribution in [2.75, 3.05) is 0 Å². The van der Waals surface area contributed by atoms with Crippen LogP contribution in [0, 0.1) is 11.3 Å². The van der Waals surface area contributed by atoms with Crippen LogP contribution in [0.5, 0.6) is 0 Å². The SMILES string of the molecule is N#Cc1ccc(Cl)c(-c2ccccc2C(F)(F)F)c1. The minimum absolute atomic E-state index is 0.0305. The maximum absolute atomic E-state index is 12.9. The highest BCUT2D eigenvalue weighted by Gasteiger charge is 2.33. The lowest BCUT2D eigenvalue weighted by Gasteiger charge is -2.13. The molecular weight excluding hydrogens is 275 g/mol. The van der Waals surface area contributed by atoms with E-state index in [4.69, 9.17) is 16.9 Å². The molecule has 0 aliphatic rings. The molecule has 0 heterocycles. The van der Waals surface area contributed by atoms with Crippen LogP contribution < -0.4 is 0 Å². The van der Waals surface area contributed by atoms with Crippen LogP contribution in [0.25, 0.3) is 11.1 Å². The standard InChI is InChI=1S/C14H7ClF3N/c15-13-6-5-9(8-19)7-11(13)10-3-1-2-4-12(10)14(16,17)18/h1-7H. The zero-order chi connectivity index (χ0) is 14.0. The van der Waals surface area contributed by atoms with E-state index in [9.17, 15) is 13.2 Å². The van der Waals surface area contributed by atoms with Gasteiger partial charge in [0.25, 0.3) is 0 Å². The van der Waals surface area contributed by atoms with E-state index in [0.29, 0.717) is 0 Å². The summed E-state index contributed by atoms with van der Waals surface area (Å²) in [5, 5.41) is 8.99. The number of nitrogens with zero attached hydrogens (tertiary/aromatic N) is 1. The molecule has 0 saturated heterocycles. The quantitative estimate of drug-likeness (QED) is 0.729. The Kier molecular flexibility index (Phi) is 3.50. The number of benzene rings is 2. The molecule has 0 N–H and O–H groups in total. The highest BCUT2D eigenvalue weighted by atomic mass is 35.5. The molecular formula is C14H7ClF3N. The minimum atomic E-state index is -4.47. The maximum Gasteiger partial charge on any atom is 0.417 e. The van der Waals surface area contributed by atoms with Gasteiger partial charge in [0.1, 0.15) is 0 Å². The molecule has 0 aromatic heterocycles. The molecule has 1 nitrogen and oxygen atoms in total. The second-order valence-electron chi connectivity index (χ2n) is 3.85. The molecule has 0 amide bonds. The molecule has 0 bridgehead atoms. The topological polar surface area (TPSA) is 23.8 Å². The Bertz CT molecular complexity index is 656. The Balaban J connectivity index is 2.70. The molecule has 96 valence electrons. The van der Waals surface area contributed by atoms with Gasteiger partial charge < -0.3 is 0 Å². The van der Waals surface area contributed by atoms with Crippen LogP contribution in [-0.4, -0.2) is 0 Å². The lowest BCUT2D eigenvalue weighted by atomic mass is 9.98. The predicted molar refractivity (Wildman–Crippen MR) is 66.6 cm³/mol. The maximum atomic E-state index is 12.9. The van der Waals surface area contributed by atoms with Gasteiger partial charge in [0.2, 0.25) is 0 Å². The number of hydrogen-bond acceptors (Lipinski definition) is 1. The van der Waals surface area contributed by atoms with E-state index in [2.05, 4.69) is 0 Å².